The normalized spacial score (nSPS) is 12.5. The van der Waals surface area contributed by atoms with Crippen LogP contribution in [-0.2, 0) is 13.0 Å². The predicted octanol–water partition coefficient (Wildman–Crippen LogP) is 5.30. The fourth-order valence-electron chi connectivity index (χ4n) is 3.71. The maximum absolute atomic E-state index is 13.1. The second-order valence-electron chi connectivity index (χ2n) is 7.85. The van der Waals surface area contributed by atoms with E-state index in [1.807, 2.05) is 61.5 Å². The topological polar surface area (TPSA) is 74.9 Å². The molecule has 0 saturated carbocycles. The molecule has 0 radical (unpaired) electrons. The van der Waals surface area contributed by atoms with Crippen LogP contribution in [0.5, 0.6) is 17.2 Å². The molecule has 2 heterocycles. The van der Waals surface area contributed by atoms with Gasteiger partial charge in [0.05, 0.1) is 17.1 Å². The SMILES string of the molecule is CCCc1nc2ccc(Br)cc2c(=O)n1N=Cc1cccc(OCc2ccc3c(c2)OCO3)c1. The van der Waals surface area contributed by atoms with Crippen molar-refractivity contribution in [2.24, 2.45) is 5.10 Å². The minimum absolute atomic E-state index is 0.193. The summed E-state index contributed by atoms with van der Waals surface area (Å²) in [6, 6.07) is 18.8. The van der Waals surface area contributed by atoms with Crippen LogP contribution in [0.3, 0.4) is 0 Å². The standard InChI is InChI=1S/C26H22BrN3O4/c1-2-4-25-29-22-9-8-19(27)13-21(22)26(31)30(25)28-14-17-5-3-6-20(11-17)32-15-18-7-10-23-24(12-18)34-16-33-23/h3,5-14H,2,4,15-16H2,1H3. The number of benzene rings is 3. The number of aryl methyl sites for hydroxylation is 1. The summed E-state index contributed by atoms with van der Waals surface area (Å²) in [6.07, 6.45) is 3.16. The Bertz CT molecular complexity index is 1450. The van der Waals surface area contributed by atoms with Crippen molar-refractivity contribution >= 4 is 33.0 Å². The smallest absolute Gasteiger partial charge is 0.282 e. The molecular weight excluding hydrogens is 498 g/mol. The van der Waals surface area contributed by atoms with E-state index in [0.717, 1.165) is 33.5 Å². The number of hydrogen-bond acceptors (Lipinski definition) is 6. The van der Waals surface area contributed by atoms with Gasteiger partial charge in [0.15, 0.2) is 11.5 Å². The van der Waals surface area contributed by atoms with E-state index < -0.39 is 0 Å². The third-order valence-corrected chi connectivity index (χ3v) is 5.87. The highest BCUT2D eigenvalue weighted by Gasteiger charge is 2.13. The maximum atomic E-state index is 13.1. The van der Waals surface area contributed by atoms with E-state index in [0.29, 0.717) is 35.5 Å². The molecule has 0 fully saturated rings. The number of nitrogens with zero attached hydrogens (tertiary/aromatic N) is 3. The van der Waals surface area contributed by atoms with E-state index in [4.69, 9.17) is 14.2 Å². The molecule has 0 spiro atoms. The van der Waals surface area contributed by atoms with Crippen LogP contribution in [0.15, 0.2) is 75.0 Å². The zero-order valence-corrected chi connectivity index (χ0v) is 20.1. The average Bonchev–Trinajstić information content (AvgIpc) is 3.31. The lowest BCUT2D eigenvalue weighted by Gasteiger charge is -2.09. The summed E-state index contributed by atoms with van der Waals surface area (Å²) >= 11 is 3.43. The van der Waals surface area contributed by atoms with Gasteiger partial charge in [-0.2, -0.15) is 9.78 Å². The van der Waals surface area contributed by atoms with Gasteiger partial charge >= 0.3 is 0 Å². The van der Waals surface area contributed by atoms with Gasteiger partial charge in [0.1, 0.15) is 18.2 Å². The molecule has 1 aliphatic rings. The fourth-order valence-corrected chi connectivity index (χ4v) is 4.07. The number of rotatable bonds is 7. The molecule has 0 amide bonds. The summed E-state index contributed by atoms with van der Waals surface area (Å²) in [5, 5.41) is 5.01. The first-order chi connectivity index (χ1) is 16.6. The predicted molar refractivity (Wildman–Crippen MR) is 134 cm³/mol. The van der Waals surface area contributed by atoms with Crippen molar-refractivity contribution in [2.45, 2.75) is 26.4 Å². The molecule has 0 saturated heterocycles. The molecule has 0 atom stereocenters. The Hall–Kier alpha value is -3.65. The lowest BCUT2D eigenvalue weighted by molar-refractivity contribution is 0.174. The monoisotopic (exact) mass is 519 g/mol. The Morgan fingerprint density at radius 2 is 2.00 bits per heavy atom. The van der Waals surface area contributed by atoms with Crippen LogP contribution in [0.2, 0.25) is 0 Å². The number of halogens is 1. The Kier molecular flexibility index (Phi) is 6.31. The van der Waals surface area contributed by atoms with E-state index in [-0.39, 0.29) is 12.4 Å². The van der Waals surface area contributed by atoms with Crippen LogP contribution in [0.4, 0.5) is 0 Å². The molecular formula is C26H22BrN3O4. The summed E-state index contributed by atoms with van der Waals surface area (Å²) in [6.45, 7) is 2.68. The summed E-state index contributed by atoms with van der Waals surface area (Å²) in [5.41, 5.74) is 2.27. The molecule has 0 unspecified atom stereocenters. The Balaban J connectivity index is 1.38. The molecule has 0 aliphatic carbocycles. The molecule has 7 nitrogen and oxygen atoms in total. The summed E-state index contributed by atoms with van der Waals surface area (Å²) in [7, 11) is 0. The van der Waals surface area contributed by atoms with E-state index in [1.54, 1.807) is 12.3 Å². The third kappa shape index (κ3) is 4.68. The van der Waals surface area contributed by atoms with Gasteiger partial charge in [-0.05, 0) is 60.0 Å². The molecule has 0 N–H and O–H groups in total. The number of aromatic nitrogens is 2. The minimum Gasteiger partial charge on any atom is -0.489 e. The van der Waals surface area contributed by atoms with E-state index in [2.05, 4.69) is 26.0 Å². The van der Waals surface area contributed by atoms with Gasteiger partial charge in [0.2, 0.25) is 6.79 Å². The molecule has 1 aliphatic heterocycles. The second-order valence-corrected chi connectivity index (χ2v) is 8.77. The molecule has 172 valence electrons. The molecule has 34 heavy (non-hydrogen) atoms. The molecule has 8 heteroatoms. The summed E-state index contributed by atoms with van der Waals surface area (Å²) in [4.78, 5) is 17.8. The van der Waals surface area contributed by atoms with Gasteiger partial charge in [-0.15, -0.1) is 0 Å². The highest BCUT2D eigenvalue weighted by atomic mass is 79.9. The van der Waals surface area contributed by atoms with Gasteiger partial charge in [0, 0.05) is 10.9 Å². The van der Waals surface area contributed by atoms with Crippen LogP contribution < -0.4 is 19.8 Å². The quantitative estimate of drug-likeness (QED) is 0.309. The average molecular weight is 520 g/mol. The van der Waals surface area contributed by atoms with Crippen molar-refractivity contribution in [3.8, 4) is 17.2 Å². The Morgan fingerprint density at radius 1 is 1.12 bits per heavy atom. The zero-order valence-electron chi connectivity index (χ0n) is 18.5. The van der Waals surface area contributed by atoms with Crippen LogP contribution in [-0.4, -0.2) is 22.7 Å². The molecule has 0 bridgehead atoms. The summed E-state index contributed by atoms with van der Waals surface area (Å²) in [5.74, 6) is 2.80. The van der Waals surface area contributed by atoms with Crippen LogP contribution in [0.25, 0.3) is 10.9 Å². The van der Waals surface area contributed by atoms with Crippen LogP contribution in [0, 0.1) is 0 Å². The Labute approximate surface area is 204 Å². The van der Waals surface area contributed by atoms with Gasteiger partial charge in [0.25, 0.3) is 5.56 Å². The fraction of sp³-hybridized carbons (Fsp3) is 0.192. The lowest BCUT2D eigenvalue weighted by Crippen LogP contribution is -2.22. The van der Waals surface area contributed by atoms with Gasteiger partial charge < -0.3 is 14.2 Å². The van der Waals surface area contributed by atoms with Crippen LogP contribution >= 0.6 is 15.9 Å². The highest BCUT2D eigenvalue weighted by Crippen LogP contribution is 2.32. The van der Waals surface area contributed by atoms with E-state index in [1.165, 1.54) is 4.68 Å². The number of ether oxygens (including phenoxy) is 3. The maximum Gasteiger partial charge on any atom is 0.282 e. The third-order valence-electron chi connectivity index (χ3n) is 5.37. The lowest BCUT2D eigenvalue weighted by atomic mass is 10.2. The van der Waals surface area contributed by atoms with Crippen molar-refractivity contribution < 1.29 is 14.2 Å². The molecule has 1 aromatic heterocycles. The Morgan fingerprint density at radius 3 is 2.88 bits per heavy atom. The second kappa shape index (κ2) is 9.69. The van der Waals surface area contributed by atoms with Crippen molar-refractivity contribution in [3.63, 3.8) is 0 Å². The van der Waals surface area contributed by atoms with Crippen molar-refractivity contribution in [3.05, 3.63) is 92.4 Å². The number of fused-ring (bicyclic) bond motifs is 2. The largest absolute Gasteiger partial charge is 0.489 e. The molecule has 3 aromatic carbocycles. The van der Waals surface area contributed by atoms with E-state index in [9.17, 15) is 4.79 Å². The highest BCUT2D eigenvalue weighted by molar-refractivity contribution is 9.10. The first-order valence-corrected chi connectivity index (χ1v) is 11.8. The summed E-state index contributed by atoms with van der Waals surface area (Å²) < 4.78 is 18.9. The van der Waals surface area contributed by atoms with Gasteiger partial charge in [-0.1, -0.05) is 41.1 Å². The van der Waals surface area contributed by atoms with Crippen molar-refractivity contribution in [1.29, 1.82) is 0 Å². The molecule has 5 rings (SSSR count). The molecule has 4 aromatic rings. The van der Waals surface area contributed by atoms with Crippen molar-refractivity contribution in [1.82, 2.24) is 9.66 Å². The van der Waals surface area contributed by atoms with Crippen molar-refractivity contribution in [2.75, 3.05) is 6.79 Å². The minimum atomic E-state index is -0.193. The first kappa shape index (κ1) is 22.2. The van der Waals surface area contributed by atoms with Gasteiger partial charge in [-0.25, -0.2) is 4.98 Å². The van der Waals surface area contributed by atoms with E-state index >= 15 is 0 Å². The van der Waals surface area contributed by atoms with Gasteiger partial charge in [-0.3, -0.25) is 4.79 Å². The number of hydrogen-bond donors (Lipinski definition) is 0. The first-order valence-electron chi connectivity index (χ1n) is 11.0. The zero-order chi connectivity index (χ0) is 23.5. The van der Waals surface area contributed by atoms with Crippen LogP contribution in [0.1, 0.15) is 30.3 Å².